The number of benzene rings is 2. The number of thiazole rings is 1. The van der Waals surface area contributed by atoms with Crippen molar-refractivity contribution in [3.05, 3.63) is 59.1 Å². The highest BCUT2D eigenvalue weighted by Crippen LogP contribution is 2.37. The third-order valence-corrected chi connectivity index (χ3v) is 6.16. The van der Waals surface area contributed by atoms with Crippen molar-refractivity contribution in [2.75, 3.05) is 26.9 Å². The van der Waals surface area contributed by atoms with Gasteiger partial charge in [0.25, 0.3) is 5.91 Å². The smallest absolute Gasteiger partial charge is 0.258 e. The number of carbonyl (C=O) groups excluding carboxylic acids is 1. The molecule has 2 aromatic carbocycles. The van der Waals surface area contributed by atoms with E-state index in [0.29, 0.717) is 24.5 Å². The Bertz CT molecular complexity index is 923. The lowest BCUT2D eigenvalue weighted by molar-refractivity contribution is 0.0605. The SMILES string of the molecule is COCCOc1ccccc1C(=O)N1CCCCC1c1nc2ccccc2s1. The van der Waals surface area contributed by atoms with Gasteiger partial charge < -0.3 is 14.4 Å². The number of nitrogens with zero attached hydrogens (tertiary/aromatic N) is 2. The Morgan fingerprint density at radius 3 is 2.82 bits per heavy atom. The van der Waals surface area contributed by atoms with E-state index in [9.17, 15) is 4.79 Å². The number of hydrogen-bond acceptors (Lipinski definition) is 5. The molecule has 5 nitrogen and oxygen atoms in total. The van der Waals surface area contributed by atoms with Gasteiger partial charge in [0.05, 0.1) is 28.4 Å². The molecule has 1 unspecified atom stereocenters. The Hall–Kier alpha value is -2.44. The minimum atomic E-state index is 0.0111. The van der Waals surface area contributed by atoms with E-state index < -0.39 is 0 Å². The number of fused-ring (bicyclic) bond motifs is 1. The summed E-state index contributed by atoms with van der Waals surface area (Å²) in [6, 6.07) is 15.6. The first-order valence-corrected chi connectivity index (χ1v) is 10.5. The number of hydrogen-bond donors (Lipinski definition) is 0. The molecule has 3 aromatic rings. The predicted octanol–water partition coefficient (Wildman–Crippen LogP) is 4.69. The van der Waals surface area contributed by atoms with Gasteiger partial charge >= 0.3 is 0 Å². The van der Waals surface area contributed by atoms with Crippen molar-refractivity contribution >= 4 is 27.5 Å². The fourth-order valence-corrected chi connectivity index (χ4v) is 4.74. The first kappa shape index (κ1) is 18.9. The van der Waals surface area contributed by atoms with E-state index in [1.54, 1.807) is 18.4 Å². The number of ether oxygens (including phenoxy) is 2. The lowest BCUT2D eigenvalue weighted by atomic mass is 10.0. The van der Waals surface area contributed by atoms with E-state index in [1.807, 2.05) is 47.4 Å². The Labute approximate surface area is 168 Å². The van der Waals surface area contributed by atoms with E-state index in [2.05, 4.69) is 6.07 Å². The van der Waals surface area contributed by atoms with Crippen LogP contribution in [0, 0.1) is 0 Å². The van der Waals surface area contributed by atoms with Crippen molar-refractivity contribution < 1.29 is 14.3 Å². The highest BCUT2D eigenvalue weighted by molar-refractivity contribution is 7.18. The molecule has 1 atom stereocenters. The molecule has 1 saturated heterocycles. The van der Waals surface area contributed by atoms with Crippen LogP contribution in [-0.4, -0.2) is 42.7 Å². The number of methoxy groups -OCH3 is 1. The van der Waals surface area contributed by atoms with Crippen LogP contribution in [0.15, 0.2) is 48.5 Å². The summed E-state index contributed by atoms with van der Waals surface area (Å²) in [4.78, 5) is 20.2. The van der Waals surface area contributed by atoms with Crippen molar-refractivity contribution in [1.29, 1.82) is 0 Å². The van der Waals surface area contributed by atoms with E-state index in [0.717, 1.165) is 36.3 Å². The molecule has 1 aliphatic heterocycles. The van der Waals surface area contributed by atoms with Gasteiger partial charge in [-0.15, -0.1) is 11.3 Å². The summed E-state index contributed by atoms with van der Waals surface area (Å²) in [6.07, 6.45) is 3.06. The maximum atomic E-state index is 13.4. The molecule has 28 heavy (non-hydrogen) atoms. The van der Waals surface area contributed by atoms with Gasteiger partial charge in [-0.2, -0.15) is 0 Å². The molecule has 0 saturated carbocycles. The topological polar surface area (TPSA) is 51.7 Å². The van der Waals surface area contributed by atoms with Crippen molar-refractivity contribution in [2.45, 2.75) is 25.3 Å². The van der Waals surface area contributed by atoms with E-state index >= 15 is 0 Å². The van der Waals surface area contributed by atoms with Crippen LogP contribution in [0.3, 0.4) is 0 Å². The number of likely N-dealkylation sites (tertiary alicyclic amines) is 1. The zero-order chi connectivity index (χ0) is 19.3. The molecule has 1 fully saturated rings. The average molecular weight is 397 g/mol. The number of carbonyl (C=O) groups is 1. The molecular formula is C22H24N2O3S. The van der Waals surface area contributed by atoms with Crippen LogP contribution in [0.2, 0.25) is 0 Å². The minimum Gasteiger partial charge on any atom is -0.490 e. The molecule has 1 amide bonds. The Morgan fingerprint density at radius 1 is 1.14 bits per heavy atom. The maximum absolute atomic E-state index is 13.4. The normalized spacial score (nSPS) is 17.0. The van der Waals surface area contributed by atoms with Crippen LogP contribution in [0.25, 0.3) is 10.2 Å². The van der Waals surface area contributed by atoms with Gasteiger partial charge in [0.2, 0.25) is 0 Å². The molecule has 4 rings (SSSR count). The van der Waals surface area contributed by atoms with Gasteiger partial charge in [-0.25, -0.2) is 4.98 Å². The quantitative estimate of drug-likeness (QED) is 0.567. The summed E-state index contributed by atoms with van der Waals surface area (Å²) in [7, 11) is 1.64. The lowest BCUT2D eigenvalue weighted by Crippen LogP contribution is -2.38. The summed E-state index contributed by atoms with van der Waals surface area (Å²) in [5, 5.41) is 1.02. The van der Waals surface area contributed by atoms with Crippen molar-refractivity contribution in [3.8, 4) is 5.75 Å². The summed E-state index contributed by atoms with van der Waals surface area (Å²) < 4.78 is 12.0. The Balaban J connectivity index is 1.62. The summed E-state index contributed by atoms with van der Waals surface area (Å²) in [5.74, 6) is 0.621. The fraction of sp³-hybridized carbons (Fsp3) is 0.364. The van der Waals surface area contributed by atoms with Crippen molar-refractivity contribution in [2.24, 2.45) is 0 Å². The number of piperidine rings is 1. The number of aromatic nitrogens is 1. The molecule has 0 aliphatic carbocycles. The second-order valence-corrected chi connectivity index (χ2v) is 7.93. The Morgan fingerprint density at radius 2 is 1.96 bits per heavy atom. The predicted molar refractivity (Wildman–Crippen MR) is 111 cm³/mol. The van der Waals surface area contributed by atoms with Crippen molar-refractivity contribution in [1.82, 2.24) is 9.88 Å². The van der Waals surface area contributed by atoms with E-state index in [4.69, 9.17) is 14.5 Å². The van der Waals surface area contributed by atoms with Gasteiger partial charge in [0, 0.05) is 13.7 Å². The first-order valence-electron chi connectivity index (χ1n) is 9.65. The van der Waals surface area contributed by atoms with Crippen LogP contribution in [-0.2, 0) is 4.74 Å². The van der Waals surface area contributed by atoms with E-state index in [-0.39, 0.29) is 11.9 Å². The third kappa shape index (κ3) is 3.88. The Kier molecular flexibility index (Phi) is 5.88. The standard InChI is InChI=1S/C22H24N2O3S/c1-26-14-15-27-19-11-4-2-8-16(19)22(25)24-13-7-6-10-18(24)21-23-17-9-3-5-12-20(17)28-21/h2-5,8-9,11-12,18H,6-7,10,13-15H2,1H3. The molecule has 0 radical (unpaired) electrons. The summed E-state index contributed by atoms with van der Waals surface area (Å²) >= 11 is 1.69. The molecule has 1 aliphatic rings. The minimum absolute atomic E-state index is 0.0111. The fourth-order valence-electron chi connectivity index (χ4n) is 3.62. The van der Waals surface area contributed by atoms with Gasteiger partial charge in [-0.3, -0.25) is 4.79 Å². The monoisotopic (exact) mass is 396 g/mol. The highest BCUT2D eigenvalue weighted by atomic mass is 32.1. The van der Waals surface area contributed by atoms with Gasteiger partial charge in [-0.05, 0) is 43.5 Å². The number of amides is 1. The van der Waals surface area contributed by atoms with Crippen molar-refractivity contribution in [3.63, 3.8) is 0 Å². The molecule has 0 bridgehead atoms. The molecule has 2 heterocycles. The molecule has 1 aromatic heterocycles. The average Bonchev–Trinajstić information content (AvgIpc) is 3.18. The molecule has 0 spiro atoms. The highest BCUT2D eigenvalue weighted by Gasteiger charge is 2.32. The molecular weight excluding hydrogens is 372 g/mol. The number of para-hydroxylation sites is 2. The van der Waals surface area contributed by atoms with Crippen LogP contribution >= 0.6 is 11.3 Å². The second kappa shape index (κ2) is 8.71. The van der Waals surface area contributed by atoms with Crippen LogP contribution in [0.1, 0.15) is 40.7 Å². The van der Waals surface area contributed by atoms with Crippen LogP contribution < -0.4 is 4.74 Å². The van der Waals surface area contributed by atoms with Crippen LogP contribution in [0.5, 0.6) is 5.75 Å². The van der Waals surface area contributed by atoms with Gasteiger partial charge in [0.1, 0.15) is 17.4 Å². The second-order valence-electron chi connectivity index (χ2n) is 6.87. The first-order chi connectivity index (χ1) is 13.8. The summed E-state index contributed by atoms with van der Waals surface area (Å²) in [6.45, 7) is 1.65. The lowest BCUT2D eigenvalue weighted by Gasteiger charge is -2.35. The zero-order valence-corrected chi connectivity index (χ0v) is 16.8. The van der Waals surface area contributed by atoms with Gasteiger partial charge in [0.15, 0.2) is 0 Å². The maximum Gasteiger partial charge on any atom is 0.258 e. The third-order valence-electron chi connectivity index (χ3n) is 5.02. The van der Waals surface area contributed by atoms with Crippen LogP contribution in [0.4, 0.5) is 0 Å². The zero-order valence-electron chi connectivity index (χ0n) is 16.0. The van der Waals surface area contributed by atoms with E-state index in [1.165, 1.54) is 4.70 Å². The number of rotatable bonds is 6. The largest absolute Gasteiger partial charge is 0.490 e. The summed E-state index contributed by atoms with van der Waals surface area (Å²) in [5.41, 5.74) is 1.61. The van der Waals surface area contributed by atoms with Gasteiger partial charge in [-0.1, -0.05) is 24.3 Å². The molecule has 0 N–H and O–H groups in total. The molecule has 146 valence electrons. The molecule has 6 heteroatoms.